The van der Waals surface area contributed by atoms with Crippen LogP contribution in [0.4, 0.5) is 5.69 Å². The van der Waals surface area contributed by atoms with Crippen LogP contribution in [0.25, 0.3) is 0 Å². The highest BCUT2D eigenvalue weighted by Crippen LogP contribution is 2.37. The van der Waals surface area contributed by atoms with E-state index in [-0.39, 0.29) is 23.7 Å². The molecule has 0 radical (unpaired) electrons. The molecule has 26 heavy (non-hydrogen) atoms. The summed E-state index contributed by atoms with van der Waals surface area (Å²) in [6.45, 7) is 2.70. The SMILES string of the molecule is Cc1cccc(N2C[C@@H](c3ccc(O)c(OC4CCCC4)c3)CC2=O)c1. The van der Waals surface area contributed by atoms with Crippen LogP contribution in [-0.4, -0.2) is 23.7 Å². The molecule has 2 fully saturated rings. The average molecular weight is 351 g/mol. The molecule has 4 rings (SSSR count). The van der Waals surface area contributed by atoms with Crippen molar-refractivity contribution < 1.29 is 14.6 Å². The predicted molar refractivity (Wildman–Crippen MR) is 102 cm³/mol. The molecule has 2 aliphatic rings. The molecule has 4 nitrogen and oxygen atoms in total. The lowest BCUT2D eigenvalue weighted by atomic mass is 9.98. The molecule has 1 heterocycles. The first kappa shape index (κ1) is 17.0. The highest BCUT2D eigenvalue weighted by molar-refractivity contribution is 5.96. The van der Waals surface area contributed by atoms with Crippen molar-refractivity contribution in [3.8, 4) is 11.5 Å². The summed E-state index contributed by atoms with van der Waals surface area (Å²) in [4.78, 5) is 14.4. The van der Waals surface area contributed by atoms with Crippen molar-refractivity contribution in [1.29, 1.82) is 0 Å². The van der Waals surface area contributed by atoms with Gasteiger partial charge in [-0.05, 0) is 68.0 Å². The number of ether oxygens (including phenoxy) is 1. The van der Waals surface area contributed by atoms with E-state index in [1.165, 1.54) is 12.8 Å². The van der Waals surface area contributed by atoms with Gasteiger partial charge in [0, 0.05) is 24.6 Å². The predicted octanol–water partition coefficient (Wildman–Crippen LogP) is 4.54. The van der Waals surface area contributed by atoms with Gasteiger partial charge >= 0.3 is 0 Å². The first-order valence-corrected chi connectivity index (χ1v) is 9.47. The Labute approximate surface area is 154 Å². The van der Waals surface area contributed by atoms with Crippen molar-refractivity contribution >= 4 is 11.6 Å². The van der Waals surface area contributed by atoms with E-state index in [9.17, 15) is 9.90 Å². The summed E-state index contributed by atoms with van der Waals surface area (Å²) in [5.74, 6) is 0.998. The Morgan fingerprint density at radius 3 is 2.69 bits per heavy atom. The maximum absolute atomic E-state index is 12.5. The van der Waals surface area contributed by atoms with Crippen LogP contribution in [0.3, 0.4) is 0 Å². The summed E-state index contributed by atoms with van der Waals surface area (Å²) in [6.07, 6.45) is 5.16. The molecule has 4 heteroatoms. The minimum atomic E-state index is 0.120. The molecule has 136 valence electrons. The van der Waals surface area contributed by atoms with Gasteiger partial charge in [0.25, 0.3) is 0 Å². The van der Waals surface area contributed by atoms with Crippen LogP contribution in [0.1, 0.15) is 49.1 Å². The molecular formula is C22H25NO3. The Balaban J connectivity index is 1.53. The Bertz CT molecular complexity index is 811. The van der Waals surface area contributed by atoms with Gasteiger partial charge in [0.05, 0.1) is 6.10 Å². The summed E-state index contributed by atoms with van der Waals surface area (Å²) in [7, 11) is 0. The van der Waals surface area contributed by atoms with Gasteiger partial charge in [-0.15, -0.1) is 0 Å². The number of aryl methyl sites for hydroxylation is 1. The molecule has 0 aromatic heterocycles. The fourth-order valence-corrected chi connectivity index (χ4v) is 4.04. The standard InChI is InChI=1S/C22H25NO3/c1-15-5-4-6-18(11-15)23-14-17(13-22(23)25)16-9-10-20(24)21(12-16)26-19-7-2-3-8-19/h4-6,9-12,17,19,24H,2-3,7-8,13-14H2,1H3/t17-/m0/s1. The molecule has 1 saturated heterocycles. The van der Waals surface area contributed by atoms with E-state index in [4.69, 9.17) is 4.74 Å². The minimum absolute atomic E-state index is 0.120. The van der Waals surface area contributed by atoms with Gasteiger partial charge in [-0.2, -0.15) is 0 Å². The number of nitrogens with zero attached hydrogens (tertiary/aromatic N) is 1. The first-order chi connectivity index (χ1) is 12.6. The molecule has 1 N–H and O–H groups in total. The third-order valence-corrected chi connectivity index (χ3v) is 5.49. The number of carbonyl (C=O) groups excluding carboxylic acids is 1. The van der Waals surface area contributed by atoms with Crippen molar-refractivity contribution in [1.82, 2.24) is 0 Å². The van der Waals surface area contributed by atoms with Crippen LogP contribution < -0.4 is 9.64 Å². The van der Waals surface area contributed by atoms with E-state index < -0.39 is 0 Å². The monoisotopic (exact) mass is 351 g/mol. The fraction of sp³-hybridized carbons (Fsp3) is 0.409. The van der Waals surface area contributed by atoms with E-state index in [0.717, 1.165) is 29.7 Å². The molecule has 2 aromatic carbocycles. The van der Waals surface area contributed by atoms with Crippen molar-refractivity contribution in [3.05, 3.63) is 53.6 Å². The van der Waals surface area contributed by atoms with Crippen molar-refractivity contribution in [2.75, 3.05) is 11.4 Å². The van der Waals surface area contributed by atoms with Crippen LogP contribution in [0.2, 0.25) is 0 Å². The molecule has 0 unspecified atom stereocenters. The van der Waals surface area contributed by atoms with Crippen LogP contribution in [0.5, 0.6) is 11.5 Å². The van der Waals surface area contributed by atoms with Crippen molar-refractivity contribution in [2.24, 2.45) is 0 Å². The second-order valence-electron chi connectivity index (χ2n) is 7.50. The van der Waals surface area contributed by atoms with E-state index in [2.05, 4.69) is 0 Å². The molecule has 2 aromatic rings. The second kappa shape index (κ2) is 7.02. The average Bonchev–Trinajstić information content (AvgIpc) is 3.26. The van der Waals surface area contributed by atoms with Crippen LogP contribution in [-0.2, 0) is 4.79 Å². The molecule has 1 aliphatic carbocycles. The van der Waals surface area contributed by atoms with Crippen LogP contribution in [0, 0.1) is 6.92 Å². The van der Waals surface area contributed by atoms with Gasteiger partial charge in [-0.3, -0.25) is 4.79 Å². The molecule has 1 aliphatic heterocycles. The Morgan fingerprint density at radius 2 is 1.92 bits per heavy atom. The number of hydrogen-bond donors (Lipinski definition) is 1. The zero-order chi connectivity index (χ0) is 18.1. The molecule has 1 atom stereocenters. The third-order valence-electron chi connectivity index (χ3n) is 5.49. The third kappa shape index (κ3) is 3.41. The number of hydrogen-bond acceptors (Lipinski definition) is 3. The summed E-state index contributed by atoms with van der Waals surface area (Å²) in [5, 5.41) is 10.1. The molecule has 1 amide bonds. The number of amides is 1. The zero-order valence-electron chi connectivity index (χ0n) is 15.1. The number of anilines is 1. The summed E-state index contributed by atoms with van der Waals surface area (Å²) >= 11 is 0. The maximum atomic E-state index is 12.5. The Morgan fingerprint density at radius 1 is 1.12 bits per heavy atom. The first-order valence-electron chi connectivity index (χ1n) is 9.47. The highest BCUT2D eigenvalue weighted by Gasteiger charge is 2.32. The number of carbonyl (C=O) groups is 1. The van der Waals surface area contributed by atoms with E-state index in [1.54, 1.807) is 6.07 Å². The Hall–Kier alpha value is -2.49. The largest absolute Gasteiger partial charge is 0.504 e. The van der Waals surface area contributed by atoms with Gasteiger partial charge in [0.2, 0.25) is 5.91 Å². The normalized spacial score (nSPS) is 20.7. The van der Waals surface area contributed by atoms with Gasteiger partial charge in [0.1, 0.15) is 0 Å². The van der Waals surface area contributed by atoms with E-state index in [0.29, 0.717) is 18.7 Å². The van der Waals surface area contributed by atoms with Gasteiger partial charge in [-0.1, -0.05) is 18.2 Å². The van der Waals surface area contributed by atoms with Crippen LogP contribution in [0.15, 0.2) is 42.5 Å². The lowest BCUT2D eigenvalue weighted by Crippen LogP contribution is -2.24. The van der Waals surface area contributed by atoms with E-state index >= 15 is 0 Å². The highest BCUT2D eigenvalue weighted by atomic mass is 16.5. The maximum Gasteiger partial charge on any atom is 0.227 e. The number of phenols is 1. The van der Waals surface area contributed by atoms with Gasteiger partial charge < -0.3 is 14.7 Å². The summed E-state index contributed by atoms with van der Waals surface area (Å²) in [6, 6.07) is 13.6. The summed E-state index contributed by atoms with van der Waals surface area (Å²) < 4.78 is 6.01. The Kier molecular flexibility index (Phi) is 4.58. The van der Waals surface area contributed by atoms with Crippen molar-refractivity contribution in [2.45, 2.75) is 51.0 Å². The van der Waals surface area contributed by atoms with Crippen LogP contribution >= 0.6 is 0 Å². The summed E-state index contributed by atoms with van der Waals surface area (Å²) in [5.41, 5.74) is 3.16. The van der Waals surface area contributed by atoms with Crippen molar-refractivity contribution in [3.63, 3.8) is 0 Å². The lowest BCUT2D eigenvalue weighted by Gasteiger charge is -2.19. The number of rotatable bonds is 4. The molecule has 1 saturated carbocycles. The second-order valence-corrected chi connectivity index (χ2v) is 7.50. The fourth-order valence-electron chi connectivity index (χ4n) is 4.04. The molecule has 0 spiro atoms. The number of aromatic hydroxyl groups is 1. The number of phenolic OH excluding ortho intramolecular Hbond substituents is 1. The quantitative estimate of drug-likeness (QED) is 0.879. The number of benzene rings is 2. The topological polar surface area (TPSA) is 49.8 Å². The van der Waals surface area contributed by atoms with Gasteiger partial charge in [-0.25, -0.2) is 0 Å². The minimum Gasteiger partial charge on any atom is -0.504 e. The lowest BCUT2D eigenvalue weighted by molar-refractivity contribution is -0.117. The smallest absolute Gasteiger partial charge is 0.227 e. The van der Waals surface area contributed by atoms with E-state index in [1.807, 2.05) is 48.2 Å². The van der Waals surface area contributed by atoms with Gasteiger partial charge in [0.15, 0.2) is 11.5 Å². The molecular weight excluding hydrogens is 326 g/mol. The molecule has 0 bridgehead atoms. The zero-order valence-corrected chi connectivity index (χ0v) is 15.1.